The van der Waals surface area contributed by atoms with Crippen molar-refractivity contribution in [2.45, 2.75) is 19.9 Å². The summed E-state index contributed by atoms with van der Waals surface area (Å²) in [5.74, 6) is 0.0986. The molecule has 0 saturated carbocycles. The molecule has 1 aromatic carbocycles. The van der Waals surface area contributed by atoms with Crippen LogP contribution in [-0.4, -0.2) is 28.0 Å². The Kier molecular flexibility index (Phi) is 4.34. The molecule has 0 atom stereocenters. The second kappa shape index (κ2) is 6.00. The predicted molar refractivity (Wildman–Crippen MR) is 70.9 cm³/mol. The Balaban J connectivity index is 2.12. The molecule has 0 bridgehead atoms. The number of amides is 1. The first-order valence-electron chi connectivity index (χ1n) is 6.03. The lowest BCUT2D eigenvalue weighted by Crippen LogP contribution is -2.26. The molecule has 1 amide bonds. The van der Waals surface area contributed by atoms with E-state index in [1.54, 1.807) is 7.05 Å². The molecule has 0 aliphatic carbocycles. The van der Waals surface area contributed by atoms with Crippen molar-refractivity contribution in [3.05, 3.63) is 46.3 Å². The zero-order chi connectivity index (χ0) is 14.7. The number of halogens is 2. The number of rotatable bonds is 4. The maximum Gasteiger partial charge on any atom is 0.255 e. The van der Waals surface area contributed by atoms with Crippen molar-refractivity contribution in [2.75, 3.05) is 7.05 Å². The third-order valence-corrected chi connectivity index (χ3v) is 3.02. The lowest BCUT2D eigenvalue weighted by Gasteiger charge is -2.15. The fourth-order valence-corrected chi connectivity index (χ4v) is 1.89. The fraction of sp³-hybridized carbons (Fsp3) is 0.308. The van der Waals surface area contributed by atoms with E-state index in [-0.39, 0.29) is 23.0 Å². The van der Waals surface area contributed by atoms with E-state index >= 15 is 0 Å². The Labute approximate surface area is 120 Å². The topological polar surface area (TPSA) is 59.2 Å². The number of carbonyl (C=O) groups is 1. The highest BCUT2D eigenvalue weighted by molar-refractivity contribution is 6.33. The highest BCUT2D eigenvalue weighted by atomic mass is 35.5. The van der Waals surface area contributed by atoms with Crippen molar-refractivity contribution >= 4 is 17.5 Å². The van der Waals surface area contributed by atoms with Crippen LogP contribution < -0.4 is 0 Å². The number of aryl methyl sites for hydroxylation is 1. The number of hydrogen-bond acceptors (Lipinski definition) is 4. The summed E-state index contributed by atoms with van der Waals surface area (Å²) in [7, 11) is 1.58. The second-order valence-corrected chi connectivity index (χ2v) is 4.65. The molecule has 7 heteroatoms. The van der Waals surface area contributed by atoms with Crippen LogP contribution in [-0.2, 0) is 13.0 Å². The molecule has 0 aliphatic heterocycles. The Morgan fingerprint density at radius 1 is 1.50 bits per heavy atom. The molecule has 5 nitrogen and oxygen atoms in total. The molecule has 0 N–H and O–H groups in total. The molecule has 1 heterocycles. The molecule has 1 aromatic heterocycles. The maximum atomic E-state index is 13.0. The smallest absolute Gasteiger partial charge is 0.255 e. The molecule has 0 spiro atoms. The van der Waals surface area contributed by atoms with Gasteiger partial charge in [0, 0.05) is 13.5 Å². The van der Waals surface area contributed by atoms with Crippen LogP contribution in [0.1, 0.15) is 29.0 Å². The molecule has 20 heavy (non-hydrogen) atoms. The van der Waals surface area contributed by atoms with E-state index in [0.29, 0.717) is 18.1 Å². The van der Waals surface area contributed by atoms with E-state index in [1.165, 1.54) is 17.0 Å². The molecule has 0 saturated heterocycles. The molecular formula is C13H13ClFN3O2. The fourth-order valence-electron chi connectivity index (χ4n) is 1.64. The molecule has 2 rings (SSSR count). The van der Waals surface area contributed by atoms with Crippen LogP contribution in [0.4, 0.5) is 4.39 Å². The average molecular weight is 298 g/mol. The first kappa shape index (κ1) is 14.5. The molecular weight excluding hydrogens is 285 g/mol. The minimum Gasteiger partial charge on any atom is -0.337 e. The summed E-state index contributed by atoms with van der Waals surface area (Å²) in [6, 6.07) is 3.64. The van der Waals surface area contributed by atoms with Crippen LogP contribution >= 0.6 is 11.6 Å². The first-order chi connectivity index (χ1) is 9.51. The van der Waals surface area contributed by atoms with Crippen LogP contribution in [0.15, 0.2) is 22.7 Å². The van der Waals surface area contributed by atoms with Crippen molar-refractivity contribution < 1.29 is 13.7 Å². The van der Waals surface area contributed by atoms with Gasteiger partial charge in [0.1, 0.15) is 5.82 Å². The van der Waals surface area contributed by atoms with Gasteiger partial charge < -0.3 is 9.42 Å². The summed E-state index contributed by atoms with van der Waals surface area (Å²) < 4.78 is 18.0. The Morgan fingerprint density at radius 3 is 2.85 bits per heavy atom. The molecule has 0 radical (unpaired) electrons. The summed E-state index contributed by atoms with van der Waals surface area (Å²) >= 11 is 5.86. The largest absolute Gasteiger partial charge is 0.337 e. The highest BCUT2D eigenvalue weighted by Crippen LogP contribution is 2.19. The number of benzene rings is 1. The van der Waals surface area contributed by atoms with E-state index in [4.69, 9.17) is 16.1 Å². The second-order valence-electron chi connectivity index (χ2n) is 4.24. The molecule has 106 valence electrons. The monoisotopic (exact) mass is 297 g/mol. The van der Waals surface area contributed by atoms with Gasteiger partial charge in [-0.1, -0.05) is 23.7 Å². The SMILES string of the molecule is CCc1noc(CN(C)C(=O)c2ccc(F)cc2Cl)n1. The molecule has 2 aromatic rings. The van der Waals surface area contributed by atoms with Gasteiger partial charge in [0.25, 0.3) is 5.91 Å². The van der Waals surface area contributed by atoms with Crippen LogP contribution in [0, 0.1) is 5.82 Å². The number of aromatic nitrogens is 2. The quantitative estimate of drug-likeness (QED) is 0.870. The van der Waals surface area contributed by atoms with Crippen LogP contribution in [0.3, 0.4) is 0 Å². The van der Waals surface area contributed by atoms with Gasteiger partial charge >= 0.3 is 0 Å². The highest BCUT2D eigenvalue weighted by Gasteiger charge is 2.18. The third kappa shape index (κ3) is 3.14. The maximum absolute atomic E-state index is 13.0. The van der Waals surface area contributed by atoms with E-state index in [1.807, 2.05) is 6.92 Å². The zero-order valence-electron chi connectivity index (χ0n) is 11.1. The molecule has 0 unspecified atom stereocenters. The van der Waals surface area contributed by atoms with Gasteiger partial charge in [-0.05, 0) is 18.2 Å². The van der Waals surface area contributed by atoms with E-state index < -0.39 is 5.82 Å². The lowest BCUT2D eigenvalue weighted by atomic mass is 10.2. The third-order valence-electron chi connectivity index (χ3n) is 2.71. The summed E-state index contributed by atoms with van der Waals surface area (Å²) in [4.78, 5) is 17.7. The Morgan fingerprint density at radius 2 is 2.25 bits per heavy atom. The van der Waals surface area contributed by atoms with Crippen molar-refractivity contribution in [3.8, 4) is 0 Å². The van der Waals surface area contributed by atoms with Gasteiger partial charge in [0.05, 0.1) is 17.1 Å². The average Bonchev–Trinajstić information content (AvgIpc) is 2.85. The summed E-state index contributed by atoms with van der Waals surface area (Å²) in [6.07, 6.45) is 0.658. The van der Waals surface area contributed by atoms with E-state index in [9.17, 15) is 9.18 Å². The van der Waals surface area contributed by atoms with Crippen LogP contribution in [0.25, 0.3) is 0 Å². The first-order valence-corrected chi connectivity index (χ1v) is 6.41. The van der Waals surface area contributed by atoms with Gasteiger partial charge in [-0.15, -0.1) is 0 Å². The van der Waals surface area contributed by atoms with Gasteiger partial charge in [-0.25, -0.2) is 4.39 Å². The normalized spacial score (nSPS) is 10.6. The predicted octanol–water partition coefficient (Wildman–Crippen LogP) is 2.70. The van der Waals surface area contributed by atoms with Gasteiger partial charge in [-0.3, -0.25) is 4.79 Å². The van der Waals surface area contributed by atoms with Gasteiger partial charge in [0.15, 0.2) is 5.82 Å². The van der Waals surface area contributed by atoms with Gasteiger partial charge in [0.2, 0.25) is 5.89 Å². The van der Waals surface area contributed by atoms with Crippen LogP contribution in [0.2, 0.25) is 5.02 Å². The summed E-state index contributed by atoms with van der Waals surface area (Å²) in [6.45, 7) is 2.07. The minimum absolute atomic E-state index is 0.0710. The lowest BCUT2D eigenvalue weighted by molar-refractivity contribution is 0.0769. The van der Waals surface area contributed by atoms with Crippen LogP contribution in [0.5, 0.6) is 0 Å². The number of hydrogen-bond donors (Lipinski definition) is 0. The number of carbonyl (C=O) groups excluding carboxylic acids is 1. The summed E-state index contributed by atoms with van der Waals surface area (Å²) in [5, 5.41) is 3.82. The summed E-state index contributed by atoms with van der Waals surface area (Å²) in [5.41, 5.74) is 0.228. The van der Waals surface area contributed by atoms with Crippen molar-refractivity contribution in [3.63, 3.8) is 0 Å². The van der Waals surface area contributed by atoms with E-state index in [0.717, 1.165) is 6.07 Å². The zero-order valence-corrected chi connectivity index (χ0v) is 11.8. The van der Waals surface area contributed by atoms with Gasteiger partial charge in [-0.2, -0.15) is 4.98 Å². The van der Waals surface area contributed by atoms with Crippen molar-refractivity contribution in [1.29, 1.82) is 0 Å². The number of nitrogens with zero attached hydrogens (tertiary/aromatic N) is 3. The standard InChI is InChI=1S/C13H13ClFN3O2/c1-3-11-16-12(20-17-11)7-18(2)13(19)9-5-4-8(15)6-10(9)14/h4-6H,3,7H2,1-2H3. The van der Waals surface area contributed by atoms with E-state index in [2.05, 4.69) is 10.1 Å². The molecule has 0 aliphatic rings. The minimum atomic E-state index is -0.487. The Bertz CT molecular complexity index is 630. The molecule has 0 fully saturated rings. The Hall–Kier alpha value is -1.95. The van der Waals surface area contributed by atoms with Crippen molar-refractivity contribution in [2.24, 2.45) is 0 Å². The van der Waals surface area contributed by atoms with Crippen molar-refractivity contribution in [1.82, 2.24) is 15.0 Å².